The zero-order chi connectivity index (χ0) is 20.0. The Balaban J connectivity index is 1.69. The Bertz CT molecular complexity index is 924. The van der Waals surface area contributed by atoms with Gasteiger partial charge in [0.1, 0.15) is 18.1 Å². The predicted molar refractivity (Wildman–Crippen MR) is 112 cm³/mol. The second kappa shape index (κ2) is 8.57. The molecule has 0 unspecified atom stereocenters. The Kier molecular flexibility index (Phi) is 5.95. The van der Waals surface area contributed by atoms with Crippen molar-refractivity contribution >= 4 is 5.97 Å². The SMILES string of the molecule is C=CC(=O)Oc1ccc(C(C)(C)c2ccc(OCc3ccccc3)cc2)cc1. The molecule has 0 heterocycles. The lowest BCUT2D eigenvalue weighted by Crippen LogP contribution is -2.18. The van der Waals surface area contributed by atoms with E-state index in [1.807, 2.05) is 54.6 Å². The number of esters is 1. The maximum absolute atomic E-state index is 11.3. The molecule has 0 atom stereocenters. The van der Waals surface area contributed by atoms with Crippen LogP contribution in [-0.4, -0.2) is 5.97 Å². The molecular formula is C25H24O3. The molecular weight excluding hydrogens is 348 g/mol. The molecule has 3 aromatic rings. The molecule has 0 amide bonds. The lowest BCUT2D eigenvalue weighted by molar-refractivity contribution is -0.128. The van der Waals surface area contributed by atoms with Gasteiger partial charge in [-0.2, -0.15) is 0 Å². The van der Waals surface area contributed by atoms with Crippen LogP contribution in [0.5, 0.6) is 11.5 Å². The first-order chi connectivity index (χ1) is 13.5. The monoisotopic (exact) mass is 372 g/mol. The van der Waals surface area contributed by atoms with Crippen LogP contribution in [0.15, 0.2) is 91.5 Å². The standard InChI is InChI=1S/C25H24O3/c1-4-24(26)28-23-16-12-21(13-17-23)25(2,3)20-10-14-22(15-11-20)27-18-19-8-6-5-7-9-19/h4-17H,1,18H2,2-3H3. The van der Waals surface area contributed by atoms with E-state index in [4.69, 9.17) is 9.47 Å². The summed E-state index contributed by atoms with van der Waals surface area (Å²) in [4.78, 5) is 11.3. The molecule has 0 N–H and O–H groups in total. The summed E-state index contributed by atoms with van der Waals surface area (Å²) >= 11 is 0. The number of rotatable bonds is 7. The Morgan fingerprint density at radius 2 is 1.39 bits per heavy atom. The molecule has 3 heteroatoms. The molecule has 3 nitrogen and oxygen atoms in total. The minimum absolute atomic E-state index is 0.196. The minimum Gasteiger partial charge on any atom is -0.489 e. The Labute approximate surface area is 166 Å². The fraction of sp³-hybridized carbons (Fsp3) is 0.160. The summed E-state index contributed by atoms with van der Waals surface area (Å²) in [7, 11) is 0. The van der Waals surface area contributed by atoms with Gasteiger partial charge < -0.3 is 9.47 Å². The Hall–Kier alpha value is -3.33. The van der Waals surface area contributed by atoms with Gasteiger partial charge in [-0.1, -0.05) is 75.0 Å². The first-order valence-electron chi connectivity index (χ1n) is 9.21. The van der Waals surface area contributed by atoms with Gasteiger partial charge >= 0.3 is 5.97 Å². The lowest BCUT2D eigenvalue weighted by Gasteiger charge is -2.26. The molecule has 3 rings (SSSR count). The summed E-state index contributed by atoms with van der Waals surface area (Å²) < 4.78 is 11.0. The third kappa shape index (κ3) is 4.68. The average Bonchev–Trinajstić information content (AvgIpc) is 2.73. The van der Waals surface area contributed by atoms with Crippen molar-refractivity contribution in [3.63, 3.8) is 0 Å². The number of hydrogen-bond donors (Lipinski definition) is 0. The lowest BCUT2D eigenvalue weighted by atomic mass is 9.78. The molecule has 0 fully saturated rings. The number of hydrogen-bond acceptors (Lipinski definition) is 3. The highest BCUT2D eigenvalue weighted by Crippen LogP contribution is 2.33. The summed E-state index contributed by atoms with van der Waals surface area (Å²) in [5.41, 5.74) is 3.25. The Morgan fingerprint density at radius 1 is 0.857 bits per heavy atom. The topological polar surface area (TPSA) is 35.5 Å². The third-order valence-electron chi connectivity index (χ3n) is 4.79. The first-order valence-corrected chi connectivity index (χ1v) is 9.21. The summed E-state index contributed by atoms with van der Waals surface area (Å²) in [5, 5.41) is 0. The quantitative estimate of drug-likeness (QED) is 0.304. The van der Waals surface area contributed by atoms with E-state index in [0.29, 0.717) is 12.4 Å². The zero-order valence-electron chi connectivity index (χ0n) is 16.2. The van der Waals surface area contributed by atoms with E-state index in [9.17, 15) is 4.79 Å². The van der Waals surface area contributed by atoms with E-state index in [0.717, 1.165) is 23.0 Å². The fourth-order valence-electron chi connectivity index (χ4n) is 2.97. The van der Waals surface area contributed by atoms with Crippen molar-refractivity contribution in [1.82, 2.24) is 0 Å². The molecule has 3 aromatic carbocycles. The van der Waals surface area contributed by atoms with Gasteiger partial charge in [-0.15, -0.1) is 0 Å². The van der Waals surface area contributed by atoms with E-state index in [2.05, 4.69) is 32.6 Å². The molecule has 0 spiro atoms. The zero-order valence-corrected chi connectivity index (χ0v) is 16.2. The maximum atomic E-state index is 11.3. The van der Waals surface area contributed by atoms with Crippen LogP contribution in [0.25, 0.3) is 0 Å². The maximum Gasteiger partial charge on any atom is 0.335 e. The average molecular weight is 372 g/mol. The van der Waals surface area contributed by atoms with E-state index >= 15 is 0 Å². The van der Waals surface area contributed by atoms with Crippen LogP contribution >= 0.6 is 0 Å². The molecule has 0 aromatic heterocycles. The van der Waals surface area contributed by atoms with Crippen molar-refractivity contribution in [2.75, 3.05) is 0 Å². The fourth-order valence-corrected chi connectivity index (χ4v) is 2.97. The highest BCUT2D eigenvalue weighted by Gasteiger charge is 2.23. The summed E-state index contributed by atoms with van der Waals surface area (Å²) in [6.07, 6.45) is 1.15. The van der Waals surface area contributed by atoms with E-state index in [1.165, 1.54) is 5.56 Å². The second-order valence-corrected chi connectivity index (χ2v) is 7.07. The van der Waals surface area contributed by atoms with Gasteiger partial charge in [-0.05, 0) is 41.0 Å². The highest BCUT2D eigenvalue weighted by molar-refractivity contribution is 5.83. The van der Waals surface area contributed by atoms with Crippen molar-refractivity contribution < 1.29 is 14.3 Å². The van der Waals surface area contributed by atoms with Gasteiger partial charge in [0.2, 0.25) is 0 Å². The van der Waals surface area contributed by atoms with Crippen LogP contribution in [0.3, 0.4) is 0 Å². The highest BCUT2D eigenvalue weighted by atomic mass is 16.5. The third-order valence-corrected chi connectivity index (χ3v) is 4.79. The van der Waals surface area contributed by atoms with E-state index in [-0.39, 0.29) is 5.41 Å². The van der Waals surface area contributed by atoms with Crippen LogP contribution in [-0.2, 0) is 16.8 Å². The number of ether oxygens (including phenoxy) is 2. The normalized spacial score (nSPS) is 10.9. The molecule has 0 aliphatic rings. The second-order valence-electron chi connectivity index (χ2n) is 7.07. The first kappa shape index (κ1) is 19.4. The van der Waals surface area contributed by atoms with Gasteiger partial charge in [-0.25, -0.2) is 4.79 Å². The van der Waals surface area contributed by atoms with Crippen LogP contribution in [0.2, 0.25) is 0 Å². The molecule has 0 radical (unpaired) electrons. The molecule has 0 aliphatic carbocycles. The van der Waals surface area contributed by atoms with Crippen molar-refractivity contribution in [3.05, 3.63) is 108 Å². The summed E-state index contributed by atoms with van der Waals surface area (Å²) in [6.45, 7) is 8.28. The van der Waals surface area contributed by atoms with Gasteiger partial charge in [-0.3, -0.25) is 0 Å². The van der Waals surface area contributed by atoms with Crippen molar-refractivity contribution in [2.45, 2.75) is 25.9 Å². The van der Waals surface area contributed by atoms with Crippen molar-refractivity contribution in [2.24, 2.45) is 0 Å². The Morgan fingerprint density at radius 3 is 1.93 bits per heavy atom. The number of carbonyl (C=O) groups excluding carboxylic acids is 1. The predicted octanol–water partition coefficient (Wildman–Crippen LogP) is 5.68. The van der Waals surface area contributed by atoms with Gasteiger partial charge in [0.15, 0.2) is 0 Å². The van der Waals surface area contributed by atoms with Crippen molar-refractivity contribution in [3.8, 4) is 11.5 Å². The summed E-state index contributed by atoms with van der Waals surface area (Å²) in [6, 6.07) is 25.8. The van der Waals surface area contributed by atoms with Crippen LogP contribution in [0, 0.1) is 0 Å². The van der Waals surface area contributed by atoms with Gasteiger partial charge in [0.25, 0.3) is 0 Å². The van der Waals surface area contributed by atoms with Crippen LogP contribution in [0.4, 0.5) is 0 Å². The largest absolute Gasteiger partial charge is 0.489 e. The van der Waals surface area contributed by atoms with Gasteiger partial charge in [0.05, 0.1) is 0 Å². The number of carbonyl (C=O) groups is 1. The molecule has 0 bridgehead atoms. The van der Waals surface area contributed by atoms with Crippen LogP contribution < -0.4 is 9.47 Å². The van der Waals surface area contributed by atoms with Crippen molar-refractivity contribution in [1.29, 1.82) is 0 Å². The number of benzene rings is 3. The minimum atomic E-state index is -0.460. The molecule has 142 valence electrons. The molecule has 28 heavy (non-hydrogen) atoms. The van der Waals surface area contributed by atoms with E-state index in [1.54, 1.807) is 12.1 Å². The smallest absolute Gasteiger partial charge is 0.335 e. The molecule has 0 saturated heterocycles. The molecule has 0 saturated carbocycles. The van der Waals surface area contributed by atoms with Crippen LogP contribution in [0.1, 0.15) is 30.5 Å². The summed E-state index contributed by atoms with van der Waals surface area (Å²) in [5.74, 6) is 0.891. The van der Waals surface area contributed by atoms with E-state index < -0.39 is 5.97 Å². The van der Waals surface area contributed by atoms with Gasteiger partial charge in [0, 0.05) is 11.5 Å². The molecule has 0 aliphatic heterocycles.